The lowest BCUT2D eigenvalue weighted by atomic mass is 9.99. The standard InChI is InChI=1S/C25H26FN8S/c1-28-11-15(10-27)17-8-22-18(9-23(17)33-20-5-6-34(2)12-19(20)26)25(30-13-29-22)32-16-3-4-21-24(7-16)35-14-31-21/h3-4,7-11,13-14,19-20H,5-6,12,27H2,1-2H3,(H,29,30,32)/q-1/b15-10+,28-11?/t19-,20?/m1/s1. The predicted molar refractivity (Wildman–Crippen MR) is 143 cm³/mol. The number of piperidine rings is 1. The summed E-state index contributed by atoms with van der Waals surface area (Å²) >= 11 is 1.58. The third-order valence-corrected chi connectivity index (χ3v) is 6.91. The van der Waals surface area contributed by atoms with Crippen molar-refractivity contribution < 1.29 is 4.39 Å². The van der Waals surface area contributed by atoms with Gasteiger partial charge >= 0.3 is 0 Å². The van der Waals surface area contributed by atoms with Gasteiger partial charge in [0.1, 0.15) is 12.1 Å². The van der Waals surface area contributed by atoms with Crippen LogP contribution in [0.4, 0.5) is 21.6 Å². The molecule has 3 N–H and O–H groups in total. The second-order valence-corrected chi connectivity index (χ2v) is 9.43. The van der Waals surface area contributed by atoms with Crippen LogP contribution < -0.4 is 11.1 Å². The largest absolute Gasteiger partial charge is 0.679 e. The molecule has 0 bridgehead atoms. The fourth-order valence-corrected chi connectivity index (χ4v) is 5.02. The number of alkyl halides is 1. The number of anilines is 2. The SMILES string of the molecule is CN=C/C(=C\N)c1cc2ncnc(Nc3ccc4ncsc4c3)c2cc1[N-]C1CCN(C)C[C@H]1F. The van der Waals surface area contributed by atoms with Crippen molar-refractivity contribution >= 4 is 61.4 Å². The summed E-state index contributed by atoms with van der Waals surface area (Å²) in [6, 6.07) is 9.37. The molecule has 3 heterocycles. The van der Waals surface area contributed by atoms with Crippen LogP contribution in [0, 0.1) is 0 Å². The van der Waals surface area contributed by atoms with E-state index in [1.54, 1.807) is 24.6 Å². The number of rotatable bonds is 6. The molecular formula is C25H26FN8S-. The lowest BCUT2D eigenvalue weighted by molar-refractivity contribution is 0.154. The molecule has 0 radical (unpaired) electrons. The third-order valence-electron chi connectivity index (χ3n) is 6.12. The van der Waals surface area contributed by atoms with Crippen LogP contribution in [0.25, 0.3) is 32.0 Å². The van der Waals surface area contributed by atoms with E-state index in [1.807, 2.05) is 47.8 Å². The van der Waals surface area contributed by atoms with Crippen molar-refractivity contribution in [1.82, 2.24) is 19.9 Å². The molecule has 8 nitrogen and oxygen atoms in total. The fraction of sp³-hybridized carbons (Fsp3) is 0.280. The number of allylic oxidation sites excluding steroid dienone is 1. The van der Waals surface area contributed by atoms with Crippen LogP contribution in [-0.4, -0.2) is 65.5 Å². The van der Waals surface area contributed by atoms with Crippen LogP contribution in [0.15, 0.2) is 53.4 Å². The van der Waals surface area contributed by atoms with E-state index in [9.17, 15) is 4.39 Å². The maximum Gasteiger partial charge on any atom is 0.141 e. The van der Waals surface area contributed by atoms with Crippen LogP contribution in [-0.2, 0) is 0 Å². The lowest BCUT2D eigenvalue weighted by Gasteiger charge is -2.42. The van der Waals surface area contributed by atoms with Crippen molar-refractivity contribution in [2.75, 3.05) is 32.5 Å². The Hall–Kier alpha value is -3.63. The average Bonchev–Trinajstić information content (AvgIpc) is 3.32. The molecule has 1 aliphatic rings. The molecule has 0 amide bonds. The number of halogens is 1. The molecule has 1 fully saturated rings. The van der Waals surface area contributed by atoms with Gasteiger partial charge in [0, 0.05) is 42.7 Å². The Morgan fingerprint density at radius 3 is 2.94 bits per heavy atom. The quantitative estimate of drug-likeness (QED) is 0.368. The first-order valence-electron chi connectivity index (χ1n) is 11.3. The van der Waals surface area contributed by atoms with Crippen molar-refractivity contribution in [1.29, 1.82) is 0 Å². The number of aliphatic imine (C=N–C) groups is 1. The van der Waals surface area contributed by atoms with Gasteiger partial charge in [0.05, 0.1) is 27.4 Å². The van der Waals surface area contributed by atoms with E-state index in [4.69, 9.17) is 11.1 Å². The Kier molecular flexibility index (Phi) is 6.56. The molecule has 1 aliphatic heterocycles. The molecule has 5 rings (SSSR count). The first-order valence-corrected chi connectivity index (χ1v) is 12.2. The summed E-state index contributed by atoms with van der Waals surface area (Å²) in [5.41, 5.74) is 12.4. The van der Waals surface area contributed by atoms with E-state index in [0.29, 0.717) is 30.0 Å². The van der Waals surface area contributed by atoms with Crippen LogP contribution in [0.3, 0.4) is 0 Å². The molecule has 2 aromatic heterocycles. The zero-order valence-electron chi connectivity index (χ0n) is 19.5. The summed E-state index contributed by atoms with van der Waals surface area (Å²) in [5.74, 6) is 0.643. The number of nitrogens with two attached hydrogens (primary N) is 1. The molecule has 0 saturated carbocycles. The molecule has 180 valence electrons. The number of nitrogens with one attached hydrogen (secondary N) is 1. The number of likely N-dealkylation sites (tertiary alicyclic amines) is 1. The first kappa shape index (κ1) is 23.1. The fourth-order valence-electron chi connectivity index (χ4n) is 4.31. The Morgan fingerprint density at radius 2 is 2.14 bits per heavy atom. The molecule has 0 aliphatic carbocycles. The van der Waals surface area contributed by atoms with Gasteiger partial charge in [-0.2, -0.15) is 0 Å². The van der Waals surface area contributed by atoms with E-state index in [-0.39, 0.29) is 0 Å². The highest BCUT2D eigenvalue weighted by Crippen LogP contribution is 2.39. The van der Waals surface area contributed by atoms with Gasteiger partial charge in [-0.15, -0.1) is 17.0 Å². The van der Waals surface area contributed by atoms with Crippen molar-refractivity contribution in [3.63, 3.8) is 0 Å². The van der Waals surface area contributed by atoms with E-state index < -0.39 is 12.2 Å². The number of hydrogen-bond acceptors (Lipinski definition) is 8. The minimum atomic E-state index is -1.04. The zero-order chi connectivity index (χ0) is 24.4. The lowest BCUT2D eigenvalue weighted by Crippen LogP contribution is -2.41. The molecule has 2 aromatic carbocycles. The van der Waals surface area contributed by atoms with Crippen molar-refractivity contribution in [3.8, 4) is 0 Å². The molecule has 2 atom stereocenters. The highest BCUT2D eigenvalue weighted by atomic mass is 32.1. The van der Waals surface area contributed by atoms with Gasteiger partial charge in [-0.3, -0.25) is 4.99 Å². The minimum absolute atomic E-state index is 0.364. The van der Waals surface area contributed by atoms with Gasteiger partial charge in [0.15, 0.2) is 0 Å². The molecular weight excluding hydrogens is 463 g/mol. The first-order chi connectivity index (χ1) is 17.1. The number of benzene rings is 2. The summed E-state index contributed by atoms with van der Waals surface area (Å²) in [6.45, 7) is 1.16. The monoisotopic (exact) mass is 489 g/mol. The van der Waals surface area contributed by atoms with Gasteiger partial charge in [-0.1, -0.05) is 18.5 Å². The van der Waals surface area contributed by atoms with Crippen molar-refractivity contribution in [2.24, 2.45) is 10.7 Å². The second-order valence-electron chi connectivity index (χ2n) is 8.54. The Labute approximate surface area is 206 Å². The summed E-state index contributed by atoms with van der Waals surface area (Å²) < 4.78 is 16.0. The van der Waals surface area contributed by atoms with Crippen molar-refractivity contribution in [2.45, 2.75) is 18.6 Å². The van der Waals surface area contributed by atoms with Crippen molar-refractivity contribution in [3.05, 3.63) is 59.2 Å². The second kappa shape index (κ2) is 9.93. The number of hydrogen-bond donors (Lipinski definition) is 2. The van der Waals surface area contributed by atoms with Crippen LogP contribution >= 0.6 is 11.3 Å². The van der Waals surface area contributed by atoms with Crippen LogP contribution in [0.5, 0.6) is 0 Å². The maximum atomic E-state index is 14.9. The Morgan fingerprint density at radius 1 is 1.26 bits per heavy atom. The highest BCUT2D eigenvalue weighted by molar-refractivity contribution is 7.16. The van der Waals surface area contributed by atoms with Gasteiger partial charge in [-0.05, 0) is 43.4 Å². The maximum absolute atomic E-state index is 14.9. The normalized spacial score (nSPS) is 19.6. The summed E-state index contributed by atoms with van der Waals surface area (Å²) in [6.07, 6.45) is 4.28. The molecule has 10 heteroatoms. The molecule has 1 saturated heterocycles. The van der Waals surface area contributed by atoms with E-state index in [2.05, 4.69) is 25.3 Å². The van der Waals surface area contributed by atoms with Gasteiger partial charge < -0.3 is 21.3 Å². The molecule has 1 unspecified atom stereocenters. The summed E-state index contributed by atoms with van der Waals surface area (Å²) in [4.78, 5) is 19.4. The molecule has 4 aromatic rings. The number of fused-ring (bicyclic) bond motifs is 2. The number of thiazole rings is 1. The Bertz CT molecular complexity index is 1420. The Balaban J connectivity index is 1.57. The van der Waals surface area contributed by atoms with Crippen LogP contribution in [0.1, 0.15) is 12.0 Å². The van der Waals surface area contributed by atoms with E-state index in [0.717, 1.165) is 38.9 Å². The highest BCUT2D eigenvalue weighted by Gasteiger charge is 2.22. The van der Waals surface area contributed by atoms with Gasteiger partial charge in [-0.25, -0.2) is 19.3 Å². The minimum Gasteiger partial charge on any atom is -0.679 e. The molecule has 0 spiro atoms. The van der Waals surface area contributed by atoms with Crippen LogP contribution in [0.2, 0.25) is 0 Å². The van der Waals surface area contributed by atoms with E-state index >= 15 is 0 Å². The third kappa shape index (κ3) is 4.80. The predicted octanol–water partition coefficient (Wildman–Crippen LogP) is 5.03. The zero-order valence-corrected chi connectivity index (χ0v) is 20.3. The molecule has 35 heavy (non-hydrogen) atoms. The van der Waals surface area contributed by atoms with E-state index in [1.165, 1.54) is 12.5 Å². The smallest absolute Gasteiger partial charge is 0.141 e. The number of nitrogens with zero attached hydrogens (tertiary/aromatic N) is 6. The summed E-state index contributed by atoms with van der Waals surface area (Å²) in [7, 11) is 3.61. The summed E-state index contributed by atoms with van der Waals surface area (Å²) in [5, 5.41) is 9.05. The topological polar surface area (TPSA) is 106 Å². The van der Waals surface area contributed by atoms with Gasteiger partial charge in [0.2, 0.25) is 0 Å². The number of aromatic nitrogens is 3. The van der Waals surface area contributed by atoms with Gasteiger partial charge in [0.25, 0.3) is 0 Å². The average molecular weight is 490 g/mol.